The van der Waals surface area contributed by atoms with Crippen molar-refractivity contribution < 1.29 is 13.9 Å². The van der Waals surface area contributed by atoms with Gasteiger partial charge in [0.15, 0.2) is 0 Å². The first-order valence-corrected chi connectivity index (χ1v) is 9.30. The Morgan fingerprint density at radius 2 is 2.15 bits per heavy atom. The van der Waals surface area contributed by atoms with Crippen molar-refractivity contribution >= 4 is 46.8 Å². The van der Waals surface area contributed by atoms with Crippen molar-refractivity contribution in [1.82, 2.24) is 5.32 Å². The minimum atomic E-state index is -1.52. The van der Waals surface area contributed by atoms with E-state index in [0.717, 1.165) is 18.8 Å². The van der Waals surface area contributed by atoms with Crippen molar-refractivity contribution in [3.05, 3.63) is 28.0 Å². The van der Waals surface area contributed by atoms with Crippen LogP contribution in [0, 0.1) is 10.1 Å². The van der Waals surface area contributed by atoms with Gasteiger partial charge in [-0.25, -0.2) is 0 Å². The van der Waals surface area contributed by atoms with Crippen LogP contribution in [0.15, 0.2) is 16.5 Å². The van der Waals surface area contributed by atoms with E-state index in [-0.39, 0.29) is 12.5 Å². The molecule has 0 saturated carbocycles. The number of unbranched alkanes of at least 4 members (excludes halogenated alkanes) is 1. The summed E-state index contributed by atoms with van der Waals surface area (Å²) in [5.41, 5.74) is 0. The number of nitrogens with zero attached hydrogens (tertiary/aromatic N) is 1. The molecule has 0 amide bonds. The topological polar surface area (TPSA) is 77.5 Å². The van der Waals surface area contributed by atoms with E-state index in [4.69, 9.17) is 43.0 Å². The summed E-state index contributed by atoms with van der Waals surface area (Å²) in [7, 11) is 1.95. The predicted octanol–water partition coefficient (Wildman–Crippen LogP) is 4.63. The molecule has 0 bridgehead atoms. The second-order valence-corrected chi connectivity index (χ2v) is 6.87. The Kier molecular flexibility index (Phi) is 12.6. The number of nitrogens with one attached hydrogen (secondary N) is 1. The zero-order valence-electron chi connectivity index (χ0n) is 10.9. The first-order valence-electron chi connectivity index (χ1n) is 5.69. The maximum Gasteiger partial charge on any atom is 0.433 e. The van der Waals surface area contributed by atoms with Crippen LogP contribution in [0.4, 0.5) is 5.88 Å². The summed E-state index contributed by atoms with van der Waals surface area (Å²) in [6.45, 7) is -0.391. The third-order valence-corrected chi connectivity index (χ3v) is 3.12. The minimum Gasteiger partial charge on any atom is -0.403 e. The van der Waals surface area contributed by atoms with Crippen LogP contribution in [0.2, 0.25) is 0 Å². The third-order valence-electron chi connectivity index (χ3n) is 1.94. The van der Waals surface area contributed by atoms with Crippen LogP contribution in [0.3, 0.4) is 0 Å². The van der Waals surface area contributed by atoms with Crippen LogP contribution >= 0.6 is 40.9 Å². The lowest BCUT2D eigenvalue weighted by Gasteiger charge is -1.98. The van der Waals surface area contributed by atoms with Crippen molar-refractivity contribution in [2.24, 2.45) is 0 Å². The fourth-order valence-corrected chi connectivity index (χ4v) is 1.76. The molecule has 0 aliphatic rings. The predicted molar refractivity (Wildman–Crippen MR) is 82.7 cm³/mol. The number of halogens is 3. The van der Waals surface area contributed by atoms with Crippen molar-refractivity contribution in [2.45, 2.75) is 19.4 Å². The van der Waals surface area contributed by atoms with E-state index in [1.54, 1.807) is 0 Å². The Balaban J connectivity index is 0.000000441. The number of hydrogen-bond donors (Lipinski definition) is 1. The van der Waals surface area contributed by atoms with Gasteiger partial charge >= 0.3 is 5.88 Å². The summed E-state index contributed by atoms with van der Waals surface area (Å²) in [6, 6.07) is 2.67. The number of alkyl halides is 1. The molecular formula is C10H16Cl3N2O4P. The summed E-state index contributed by atoms with van der Waals surface area (Å²) in [4.78, 5) is 9.54. The van der Waals surface area contributed by atoms with Crippen LogP contribution < -0.4 is 5.32 Å². The Morgan fingerprint density at radius 1 is 1.45 bits per heavy atom. The molecule has 1 aromatic heterocycles. The fraction of sp³-hybridized carbons (Fsp3) is 0.600. The molecule has 0 radical (unpaired) electrons. The average Bonchev–Trinajstić information content (AvgIpc) is 2.87. The molecule has 0 aromatic carbocycles. The van der Waals surface area contributed by atoms with Crippen LogP contribution in [-0.4, -0.2) is 24.4 Å². The summed E-state index contributed by atoms with van der Waals surface area (Å²) in [5, 5.41) is 13.2. The molecule has 1 heterocycles. The van der Waals surface area contributed by atoms with Crippen molar-refractivity contribution in [3.8, 4) is 0 Å². The molecule has 10 heteroatoms. The number of hydrogen-bond acceptors (Lipinski definition) is 5. The highest BCUT2D eigenvalue weighted by molar-refractivity contribution is 8.00. The lowest BCUT2D eigenvalue weighted by atomic mass is 10.3. The van der Waals surface area contributed by atoms with Gasteiger partial charge in [-0.2, -0.15) is 0 Å². The summed E-state index contributed by atoms with van der Waals surface area (Å²) >= 11 is 16.1. The Labute approximate surface area is 133 Å². The maximum atomic E-state index is 10.2. The standard InChI is InChI=1S/C5H4Cl2NO4P.C5H12ClN/c6-13(7)11-3-4-1-2-5(12-4)8(9)10;1-7-5-3-2-4-6/h1-2H,3H2;7H,2-5H2,1H3. The number of rotatable bonds is 8. The molecule has 1 N–H and O–H groups in total. The smallest absolute Gasteiger partial charge is 0.403 e. The Bertz CT molecular complexity index is 375. The second-order valence-electron chi connectivity index (χ2n) is 3.47. The SMILES string of the molecule is CNCCCCCl.O=[N+]([O-])c1ccc(COP(Cl)Cl)o1. The fourth-order valence-electron chi connectivity index (χ4n) is 1.05. The normalized spacial score (nSPS) is 10.2. The van der Waals surface area contributed by atoms with Gasteiger partial charge in [0.2, 0.25) is 6.85 Å². The van der Waals surface area contributed by atoms with Crippen molar-refractivity contribution in [3.63, 3.8) is 0 Å². The van der Waals surface area contributed by atoms with Crippen LogP contribution in [-0.2, 0) is 11.1 Å². The van der Waals surface area contributed by atoms with Crippen LogP contribution in [0.25, 0.3) is 0 Å². The van der Waals surface area contributed by atoms with Gasteiger partial charge in [0.05, 0.1) is 6.07 Å². The molecule has 20 heavy (non-hydrogen) atoms. The van der Waals surface area contributed by atoms with Gasteiger partial charge in [-0.05, 0) is 55.0 Å². The van der Waals surface area contributed by atoms with Gasteiger partial charge in [-0.3, -0.25) is 10.1 Å². The zero-order valence-corrected chi connectivity index (χ0v) is 14.0. The average molecular weight is 366 g/mol. The minimum absolute atomic E-state index is 0.0343. The quantitative estimate of drug-likeness (QED) is 0.239. The van der Waals surface area contributed by atoms with Gasteiger partial charge in [0.1, 0.15) is 17.3 Å². The molecular weight excluding hydrogens is 349 g/mol. The summed E-state index contributed by atoms with van der Waals surface area (Å²) in [6.07, 6.45) is 2.32. The van der Waals surface area contributed by atoms with Gasteiger partial charge in [-0.15, -0.1) is 11.6 Å². The highest BCUT2D eigenvalue weighted by Gasteiger charge is 2.12. The molecule has 0 aliphatic carbocycles. The molecule has 0 unspecified atom stereocenters. The van der Waals surface area contributed by atoms with E-state index in [1.165, 1.54) is 18.6 Å². The Morgan fingerprint density at radius 3 is 2.60 bits per heavy atom. The van der Waals surface area contributed by atoms with E-state index in [1.807, 2.05) is 7.05 Å². The lowest BCUT2D eigenvalue weighted by molar-refractivity contribution is -0.402. The molecule has 0 atom stereocenters. The molecule has 0 saturated heterocycles. The van der Waals surface area contributed by atoms with E-state index in [9.17, 15) is 10.1 Å². The highest BCUT2D eigenvalue weighted by atomic mass is 35.9. The van der Waals surface area contributed by atoms with Crippen LogP contribution in [0.5, 0.6) is 0 Å². The largest absolute Gasteiger partial charge is 0.433 e. The van der Waals surface area contributed by atoms with Gasteiger partial charge in [-0.1, -0.05) is 0 Å². The van der Waals surface area contributed by atoms with Gasteiger partial charge in [0, 0.05) is 5.88 Å². The molecule has 1 rings (SSSR count). The van der Waals surface area contributed by atoms with Crippen molar-refractivity contribution in [1.29, 1.82) is 0 Å². The first-order chi connectivity index (χ1) is 9.51. The summed E-state index contributed by atoms with van der Waals surface area (Å²) < 4.78 is 9.56. The Hall–Kier alpha value is -0.100. The number of nitro groups is 1. The molecule has 116 valence electrons. The van der Waals surface area contributed by atoms with E-state index >= 15 is 0 Å². The second kappa shape index (κ2) is 12.6. The molecule has 0 aliphatic heterocycles. The maximum absolute atomic E-state index is 10.2. The van der Waals surface area contributed by atoms with Gasteiger partial charge < -0.3 is 14.3 Å². The number of furan rings is 1. The molecule has 6 nitrogen and oxygen atoms in total. The van der Waals surface area contributed by atoms with E-state index in [0.29, 0.717) is 5.76 Å². The monoisotopic (exact) mass is 364 g/mol. The third kappa shape index (κ3) is 10.7. The molecule has 0 fully saturated rings. The van der Waals surface area contributed by atoms with E-state index < -0.39 is 11.8 Å². The zero-order chi connectivity index (χ0) is 15.4. The first kappa shape index (κ1) is 19.9. The van der Waals surface area contributed by atoms with Gasteiger partial charge in [0.25, 0.3) is 0 Å². The van der Waals surface area contributed by atoms with Crippen LogP contribution in [0.1, 0.15) is 18.6 Å². The molecule has 0 spiro atoms. The van der Waals surface area contributed by atoms with Crippen molar-refractivity contribution in [2.75, 3.05) is 19.5 Å². The highest BCUT2D eigenvalue weighted by Crippen LogP contribution is 2.48. The summed E-state index contributed by atoms with van der Waals surface area (Å²) in [5.74, 6) is 0.786. The molecule has 1 aromatic rings. The van der Waals surface area contributed by atoms with E-state index in [2.05, 4.69) is 5.32 Å². The lowest BCUT2D eigenvalue weighted by Crippen LogP contribution is -2.06.